The molecule has 0 aliphatic heterocycles. The van der Waals surface area contributed by atoms with E-state index in [9.17, 15) is 10.1 Å². The molecule has 1 aromatic carbocycles. The summed E-state index contributed by atoms with van der Waals surface area (Å²) >= 11 is 5.55. The van der Waals surface area contributed by atoms with Gasteiger partial charge >= 0.3 is 0 Å². The molecule has 0 atom stereocenters. The molecule has 0 aromatic heterocycles. The van der Waals surface area contributed by atoms with Gasteiger partial charge < -0.3 is 0 Å². The van der Waals surface area contributed by atoms with Gasteiger partial charge in [-0.15, -0.1) is 11.6 Å². The number of nitro benzene ring substituents is 1. The van der Waals surface area contributed by atoms with Gasteiger partial charge in [-0.05, 0) is 11.1 Å². The normalized spacial score (nSPS) is 9.21. The van der Waals surface area contributed by atoms with Crippen molar-refractivity contribution in [2.75, 3.05) is 0 Å². The minimum atomic E-state index is -0.561. The van der Waals surface area contributed by atoms with E-state index in [-0.39, 0.29) is 17.3 Å². The molecule has 0 unspecified atom stereocenters. The molecule has 0 saturated heterocycles. The van der Waals surface area contributed by atoms with E-state index in [1.807, 2.05) is 0 Å². The number of rotatable bonds is 3. The summed E-state index contributed by atoms with van der Waals surface area (Å²) in [6, 6.07) is 3.97. The highest BCUT2D eigenvalue weighted by Crippen LogP contribution is 2.26. The summed E-state index contributed by atoms with van der Waals surface area (Å²) in [7, 11) is 0. The van der Waals surface area contributed by atoms with Crippen molar-refractivity contribution in [3.8, 4) is 0 Å². The Balaban J connectivity index is 3.27. The summed E-state index contributed by atoms with van der Waals surface area (Å²) < 4.78 is 0. The monoisotopic (exact) mass is 212 g/mol. The van der Waals surface area contributed by atoms with E-state index in [1.54, 1.807) is 0 Å². The molecule has 0 aliphatic carbocycles. The van der Waals surface area contributed by atoms with Gasteiger partial charge in [0.1, 0.15) is 0 Å². The number of nitrogens with zero attached hydrogens (tertiary/aromatic N) is 4. The van der Waals surface area contributed by atoms with Crippen LogP contribution < -0.4 is 0 Å². The molecule has 0 aliphatic rings. The van der Waals surface area contributed by atoms with Crippen molar-refractivity contribution in [3.05, 3.63) is 44.3 Å². The van der Waals surface area contributed by atoms with Crippen molar-refractivity contribution >= 4 is 23.0 Å². The Kier molecular flexibility index (Phi) is 3.28. The SMILES string of the molecule is [N-]=[N+]=Nc1cc([N+](=O)[O-])ccc1CCl. The molecule has 0 spiro atoms. The maximum absolute atomic E-state index is 10.4. The number of nitro groups is 1. The van der Waals surface area contributed by atoms with Crippen LogP contribution in [0.4, 0.5) is 11.4 Å². The van der Waals surface area contributed by atoms with Crippen LogP contribution in [-0.4, -0.2) is 4.92 Å². The fraction of sp³-hybridized carbons (Fsp3) is 0.143. The van der Waals surface area contributed by atoms with Gasteiger partial charge in [-0.25, -0.2) is 0 Å². The molecule has 1 aromatic rings. The second kappa shape index (κ2) is 4.45. The van der Waals surface area contributed by atoms with Crippen LogP contribution in [0.15, 0.2) is 23.3 Å². The Morgan fingerprint density at radius 1 is 1.64 bits per heavy atom. The molecule has 0 fully saturated rings. The van der Waals surface area contributed by atoms with Gasteiger partial charge in [0, 0.05) is 28.6 Å². The number of azide groups is 1. The first-order valence-corrected chi connectivity index (χ1v) is 4.11. The van der Waals surface area contributed by atoms with E-state index in [1.165, 1.54) is 18.2 Å². The maximum atomic E-state index is 10.4. The summed E-state index contributed by atoms with van der Waals surface area (Å²) in [6.07, 6.45) is 0. The number of hydrogen-bond acceptors (Lipinski definition) is 3. The predicted octanol–water partition coefficient (Wildman–Crippen LogP) is 3.28. The average molecular weight is 213 g/mol. The number of benzene rings is 1. The van der Waals surface area contributed by atoms with E-state index >= 15 is 0 Å². The summed E-state index contributed by atoms with van der Waals surface area (Å²) in [6.45, 7) is 0. The zero-order chi connectivity index (χ0) is 10.6. The van der Waals surface area contributed by atoms with Crippen LogP contribution in [0.3, 0.4) is 0 Å². The Bertz CT molecular complexity index is 414. The van der Waals surface area contributed by atoms with Crippen molar-refractivity contribution in [1.82, 2.24) is 0 Å². The first kappa shape index (κ1) is 10.3. The standard InChI is InChI=1S/C7H5ClN4O2/c8-4-5-1-2-6(12(13)14)3-7(5)10-11-9/h1-3H,4H2. The summed E-state index contributed by atoms with van der Waals surface area (Å²) in [5, 5.41) is 13.7. The lowest BCUT2D eigenvalue weighted by Crippen LogP contribution is -1.88. The lowest BCUT2D eigenvalue weighted by molar-refractivity contribution is -0.384. The van der Waals surface area contributed by atoms with E-state index in [4.69, 9.17) is 17.1 Å². The fourth-order valence-electron chi connectivity index (χ4n) is 0.920. The third-order valence-electron chi connectivity index (χ3n) is 1.58. The van der Waals surface area contributed by atoms with Crippen LogP contribution >= 0.6 is 11.6 Å². The number of alkyl halides is 1. The minimum absolute atomic E-state index is 0.124. The van der Waals surface area contributed by atoms with Crippen LogP contribution in [0.1, 0.15) is 5.56 Å². The van der Waals surface area contributed by atoms with Crippen molar-refractivity contribution in [2.45, 2.75) is 5.88 Å². The van der Waals surface area contributed by atoms with Crippen LogP contribution in [0.5, 0.6) is 0 Å². The highest BCUT2D eigenvalue weighted by molar-refractivity contribution is 6.17. The van der Waals surface area contributed by atoms with E-state index in [2.05, 4.69) is 10.0 Å². The Morgan fingerprint density at radius 3 is 2.86 bits per heavy atom. The second-order valence-corrected chi connectivity index (χ2v) is 2.66. The zero-order valence-electron chi connectivity index (χ0n) is 6.92. The van der Waals surface area contributed by atoms with Gasteiger partial charge in [0.25, 0.3) is 5.69 Å². The predicted molar refractivity (Wildman–Crippen MR) is 51.5 cm³/mol. The highest BCUT2D eigenvalue weighted by Gasteiger charge is 2.08. The zero-order valence-corrected chi connectivity index (χ0v) is 7.68. The van der Waals surface area contributed by atoms with Crippen LogP contribution in [0, 0.1) is 10.1 Å². The molecule has 72 valence electrons. The van der Waals surface area contributed by atoms with Gasteiger partial charge in [-0.3, -0.25) is 10.1 Å². The van der Waals surface area contributed by atoms with Crippen molar-refractivity contribution in [2.24, 2.45) is 5.11 Å². The largest absolute Gasteiger partial charge is 0.269 e. The van der Waals surface area contributed by atoms with Gasteiger partial charge in [-0.2, -0.15) is 0 Å². The molecular weight excluding hydrogens is 208 g/mol. The van der Waals surface area contributed by atoms with Crippen LogP contribution in [-0.2, 0) is 5.88 Å². The van der Waals surface area contributed by atoms with Crippen LogP contribution in [0.2, 0.25) is 0 Å². The quantitative estimate of drug-likeness (QED) is 0.192. The Labute approximate surface area is 83.9 Å². The van der Waals surface area contributed by atoms with Gasteiger partial charge in [0.2, 0.25) is 0 Å². The Hall–Kier alpha value is -1.78. The lowest BCUT2D eigenvalue weighted by atomic mass is 10.2. The van der Waals surface area contributed by atoms with E-state index < -0.39 is 4.92 Å². The molecule has 0 radical (unpaired) electrons. The maximum Gasteiger partial charge on any atom is 0.269 e. The summed E-state index contributed by atoms with van der Waals surface area (Å²) in [4.78, 5) is 12.4. The third-order valence-corrected chi connectivity index (χ3v) is 1.86. The molecular formula is C7H5ClN4O2. The molecule has 0 bridgehead atoms. The molecule has 0 heterocycles. The molecule has 14 heavy (non-hydrogen) atoms. The van der Waals surface area contributed by atoms with E-state index in [0.717, 1.165) is 0 Å². The van der Waals surface area contributed by atoms with Gasteiger partial charge in [-0.1, -0.05) is 11.2 Å². The first-order valence-electron chi connectivity index (χ1n) is 3.57. The molecule has 0 amide bonds. The molecule has 1 rings (SSSR count). The van der Waals surface area contributed by atoms with Crippen molar-refractivity contribution in [1.29, 1.82) is 0 Å². The third kappa shape index (κ3) is 2.12. The van der Waals surface area contributed by atoms with Crippen LogP contribution in [0.25, 0.3) is 10.4 Å². The molecule has 0 saturated carbocycles. The number of hydrogen-bond donors (Lipinski definition) is 0. The summed E-state index contributed by atoms with van der Waals surface area (Å²) in [5.74, 6) is 0.145. The average Bonchev–Trinajstić information content (AvgIpc) is 2.18. The fourth-order valence-corrected chi connectivity index (χ4v) is 1.15. The number of halogens is 1. The second-order valence-electron chi connectivity index (χ2n) is 2.39. The lowest BCUT2D eigenvalue weighted by Gasteiger charge is -1.99. The first-order chi connectivity index (χ1) is 6.69. The molecule has 0 N–H and O–H groups in total. The molecule has 7 heteroatoms. The van der Waals surface area contributed by atoms with Gasteiger partial charge in [0.15, 0.2) is 0 Å². The Morgan fingerprint density at radius 2 is 2.36 bits per heavy atom. The summed E-state index contributed by atoms with van der Waals surface area (Å²) in [5.41, 5.74) is 8.85. The van der Waals surface area contributed by atoms with Gasteiger partial charge in [0.05, 0.1) is 4.92 Å². The number of non-ortho nitro benzene ring substituents is 1. The smallest absolute Gasteiger partial charge is 0.258 e. The van der Waals surface area contributed by atoms with Crippen molar-refractivity contribution < 1.29 is 4.92 Å². The topological polar surface area (TPSA) is 91.9 Å². The molecule has 6 nitrogen and oxygen atoms in total. The highest BCUT2D eigenvalue weighted by atomic mass is 35.5. The minimum Gasteiger partial charge on any atom is -0.258 e. The van der Waals surface area contributed by atoms with Crippen molar-refractivity contribution in [3.63, 3.8) is 0 Å². The van der Waals surface area contributed by atoms with E-state index in [0.29, 0.717) is 5.56 Å².